The molecule has 0 aliphatic heterocycles. The third kappa shape index (κ3) is 3.09. The second-order valence-corrected chi connectivity index (χ2v) is 8.07. The molecule has 0 unspecified atom stereocenters. The van der Waals surface area contributed by atoms with Crippen molar-refractivity contribution in [2.24, 2.45) is 7.05 Å². The van der Waals surface area contributed by atoms with Gasteiger partial charge >= 0.3 is 0 Å². The molecular weight excluding hydrogens is 338 g/mol. The fourth-order valence-electron chi connectivity index (χ4n) is 4.54. The van der Waals surface area contributed by atoms with Gasteiger partial charge in [-0.25, -0.2) is 0 Å². The van der Waals surface area contributed by atoms with Crippen LogP contribution in [0.5, 0.6) is 0 Å². The highest BCUT2D eigenvalue weighted by atomic mass is 14.9. The molecule has 0 bridgehead atoms. The topological polar surface area (TPSA) is 3.88 Å². The van der Waals surface area contributed by atoms with Crippen LogP contribution in [0.1, 0.15) is 49.4 Å². The number of hydrogen-bond donors (Lipinski definition) is 0. The van der Waals surface area contributed by atoms with E-state index in [2.05, 4.69) is 100.0 Å². The van der Waals surface area contributed by atoms with E-state index in [0.717, 1.165) is 0 Å². The highest BCUT2D eigenvalue weighted by Gasteiger charge is 2.21. The molecule has 0 fully saturated rings. The summed E-state index contributed by atoms with van der Waals surface area (Å²) in [6.45, 7) is 9.02. The van der Waals surface area contributed by atoms with E-state index in [-0.39, 0.29) is 0 Å². The third-order valence-corrected chi connectivity index (χ3v) is 6.36. The Bertz CT molecular complexity index is 1170. The van der Waals surface area contributed by atoms with Crippen LogP contribution in [-0.4, -0.2) is 0 Å². The van der Waals surface area contributed by atoms with E-state index in [4.69, 9.17) is 0 Å². The number of aromatic nitrogens is 1. The molecule has 1 aromatic heterocycles. The number of rotatable bonds is 4. The lowest BCUT2D eigenvalue weighted by molar-refractivity contribution is -0.665. The minimum atomic E-state index is 0.643. The van der Waals surface area contributed by atoms with Crippen molar-refractivity contribution in [3.8, 4) is 11.3 Å². The number of benzene rings is 3. The predicted octanol–water partition coefficient (Wildman–Crippen LogP) is 7.00. The largest absolute Gasteiger partial charge is 0.220 e. The molecule has 1 nitrogen and oxygen atoms in total. The summed E-state index contributed by atoms with van der Waals surface area (Å²) in [6.07, 6.45) is 2.39. The van der Waals surface area contributed by atoms with Gasteiger partial charge in [0, 0.05) is 13.0 Å². The van der Waals surface area contributed by atoms with Gasteiger partial charge in [0.1, 0.15) is 7.05 Å². The van der Waals surface area contributed by atoms with Crippen molar-refractivity contribution in [1.29, 1.82) is 0 Å². The maximum atomic E-state index is 2.42. The normalized spacial score (nSPS) is 11.6. The number of hydrogen-bond acceptors (Lipinski definition) is 0. The van der Waals surface area contributed by atoms with Gasteiger partial charge in [0.05, 0.1) is 10.9 Å². The molecule has 1 heteroatoms. The Balaban J connectivity index is 2.01. The zero-order chi connectivity index (χ0) is 19.8. The molecule has 0 amide bonds. The van der Waals surface area contributed by atoms with E-state index in [0.29, 0.717) is 5.92 Å². The fourth-order valence-corrected chi connectivity index (χ4v) is 4.54. The zero-order valence-electron chi connectivity index (χ0n) is 17.7. The molecule has 0 atom stereocenters. The summed E-state index contributed by atoms with van der Waals surface area (Å²) in [7, 11) is 2.19. The van der Waals surface area contributed by atoms with Crippen molar-refractivity contribution in [3.63, 3.8) is 0 Å². The average molecular weight is 369 g/mol. The van der Waals surface area contributed by atoms with Gasteiger partial charge < -0.3 is 0 Å². The second kappa shape index (κ2) is 7.39. The van der Waals surface area contributed by atoms with Gasteiger partial charge in [-0.2, -0.15) is 4.57 Å². The molecule has 0 aliphatic carbocycles. The van der Waals surface area contributed by atoms with Crippen molar-refractivity contribution in [3.05, 3.63) is 77.5 Å². The molecule has 4 rings (SSSR count). The number of nitrogens with zero attached hydrogens (tertiary/aromatic N) is 1. The zero-order valence-corrected chi connectivity index (χ0v) is 17.7. The Morgan fingerprint density at radius 3 is 2.14 bits per heavy atom. The molecule has 0 saturated heterocycles. The molecule has 3 aromatic carbocycles. The van der Waals surface area contributed by atoms with Crippen LogP contribution < -0.4 is 4.57 Å². The van der Waals surface area contributed by atoms with Crippen LogP contribution in [0.4, 0.5) is 0 Å². The van der Waals surface area contributed by atoms with Crippen LogP contribution in [0.2, 0.25) is 0 Å². The summed E-state index contributed by atoms with van der Waals surface area (Å²) in [5.41, 5.74) is 6.72. The highest BCUT2D eigenvalue weighted by Crippen LogP contribution is 2.34. The van der Waals surface area contributed by atoms with Crippen LogP contribution in [-0.2, 0) is 7.05 Å². The first-order chi connectivity index (χ1) is 13.5. The molecule has 0 N–H and O–H groups in total. The summed E-state index contributed by atoms with van der Waals surface area (Å²) >= 11 is 0. The summed E-state index contributed by atoms with van der Waals surface area (Å²) in [5.74, 6) is 0.643. The van der Waals surface area contributed by atoms with E-state index in [9.17, 15) is 0 Å². The lowest BCUT2D eigenvalue weighted by Gasteiger charge is -2.15. The maximum Gasteiger partial charge on any atom is 0.220 e. The first kappa shape index (κ1) is 18.7. The molecule has 142 valence electrons. The molecule has 4 aromatic rings. The molecule has 0 spiro atoms. The Kier molecular flexibility index (Phi) is 4.93. The van der Waals surface area contributed by atoms with E-state index >= 15 is 0 Å². The standard InChI is InChI=1S/C27H30N/c1-6-20(7-2)23-12-13-25-24(16-23)15-19(4)28(5)27(25)26-17-22-11-9-8-10-21(22)14-18(26)3/h8-17,20H,6-7H2,1-5H3/q+1. The van der Waals surface area contributed by atoms with E-state index in [1.807, 2.05) is 0 Å². The molecule has 0 radical (unpaired) electrons. The fraction of sp³-hybridized carbons (Fsp3) is 0.296. The smallest absolute Gasteiger partial charge is 0.198 e. The van der Waals surface area contributed by atoms with Gasteiger partial charge in [0.15, 0.2) is 5.69 Å². The summed E-state index contributed by atoms with van der Waals surface area (Å²) in [5, 5.41) is 5.29. The van der Waals surface area contributed by atoms with Gasteiger partial charge in [-0.15, -0.1) is 0 Å². The van der Waals surface area contributed by atoms with Gasteiger partial charge in [0.25, 0.3) is 0 Å². The lowest BCUT2D eigenvalue weighted by Crippen LogP contribution is -2.35. The van der Waals surface area contributed by atoms with E-state index in [1.54, 1.807) is 0 Å². The first-order valence-electron chi connectivity index (χ1n) is 10.5. The van der Waals surface area contributed by atoms with Gasteiger partial charge in [0.2, 0.25) is 5.69 Å². The molecule has 0 saturated carbocycles. The van der Waals surface area contributed by atoms with E-state index in [1.165, 1.54) is 62.5 Å². The first-order valence-corrected chi connectivity index (χ1v) is 10.5. The van der Waals surface area contributed by atoms with E-state index < -0.39 is 0 Å². The maximum absolute atomic E-state index is 2.42. The highest BCUT2D eigenvalue weighted by molar-refractivity contribution is 5.97. The van der Waals surface area contributed by atoms with Crippen molar-refractivity contribution in [1.82, 2.24) is 0 Å². The molecule has 28 heavy (non-hydrogen) atoms. The molecule has 0 aliphatic rings. The molecular formula is C27H30N+. The van der Waals surface area contributed by atoms with Crippen LogP contribution in [0.15, 0.2) is 60.7 Å². The average Bonchev–Trinajstić information content (AvgIpc) is 2.70. The Morgan fingerprint density at radius 1 is 0.786 bits per heavy atom. The Labute approximate surface area is 168 Å². The lowest BCUT2D eigenvalue weighted by atomic mass is 9.90. The van der Waals surface area contributed by atoms with Crippen molar-refractivity contribution >= 4 is 21.5 Å². The summed E-state index contributed by atoms with van der Waals surface area (Å²) < 4.78 is 2.34. The van der Waals surface area contributed by atoms with Gasteiger partial charge in [-0.3, -0.25) is 0 Å². The number of fused-ring (bicyclic) bond motifs is 2. The van der Waals surface area contributed by atoms with Gasteiger partial charge in [-0.05, 0) is 65.1 Å². The SMILES string of the molecule is CCC(CC)c1ccc2c(-c3cc4ccccc4cc3C)[n+](C)c(C)cc2c1. The summed E-state index contributed by atoms with van der Waals surface area (Å²) in [4.78, 5) is 0. The second-order valence-electron chi connectivity index (χ2n) is 8.07. The van der Waals surface area contributed by atoms with Crippen LogP contribution in [0.3, 0.4) is 0 Å². The van der Waals surface area contributed by atoms with Crippen LogP contribution in [0, 0.1) is 13.8 Å². The van der Waals surface area contributed by atoms with Gasteiger partial charge in [-0.1, -0.05) is 56.3 Å². The third-order valence-electron chi connectivity index (χ3n) is 6.36. The minimum Gasteiger partial charge on any atom is -0.198 e. The predicted molar refractivity (Wildman–Crippen MR) is 121 cm³/mol. The minimum absolute atomic E-state index is 0.643. The van der Waals surface area contributed by atoms with Crippen molar-refractivity contribution in [2.45, 2.75) is 46.5 Å². The quantitative estimate of drug-likeness (QED) is 0.341. The van der Waals surface area contributed by atoms with Crippen molar-refractivity contribution < 1.29 is 4.57 Å². The number of aryl methyl sites for hydroxylation is 2. The van der Waals surface area contributed by atoms with Crippen LogP contribution >= 0.6 is 0 Å². The molecule has 1 heterocycles. The monoisotopic (exact) mass is 368 g/mol. The van der Waals surface area contributed by atoms with Crippen LogP contribution in [0.25, 0.3) is 32.8 Å². The Morgan fingerprint density at radius 2 is 1.46 bits per heavy atom. The summed E-state index contributed by atoms with van der Waals surface area (Å²) in [6, 6.07) is 22.7. The number of pyridine rings is 1. The Hall–Kier alpha value is -2.67. The van der Waals surface area contributed by atoms with Crippen molar-refractivity contribution in [2.75, 3.05) is 0 Å².